The molecular formula is C14H21FN2O. The lowest BCUT2D eigenvalue weighted by molar-refractivity contribution is 0.197. The number of nitrogens with zero attached hydrogens (tertiary/aromatic N) is 2. The van der Waals surface area contributed by atoms with Gasteiger partial charge in [-0.1, -0.05) is 12.1 Å². The van der Waals surface area contributed by atoms with Gasteiger partial charge in [-0.05, 0) is 27.0 Å². The predicted molar refractivity (Wildman–Crippen MR) is 71.3 cm³/mol. The highest BCUT2D eigenvalue weighted by Crippen LogP contribution is 2.30. The summed E-state index contributed by atoms with van der Waals surface area (Å²) in [6.07, 6.45) is -0.648. The Labute approximate surface area is 108 Å². The summed E-state index contributed by atoms with van der Waals surface area (Å²) in [7, 11) is 2.08. The Morgan fingerprint density at radius 1 is 1.39 bits per heavy atom. The first-order valence-corrected chi connectivity index (χ1v) is 6.42. The minimum Gasteiger partial charge on any atom is -0.389 e. The molecule has 2 rings (SSSR count). The molecule has 1 aromatic carbocycles. The standard InChI is InChI=1S/C14H21FN2O/c1-10-9-17(8-7-16(10)3)14-12(11(2)18)5-4-6-13(14)15/h4-6,10-11,18H,7-9H2,1-3H3/t10?,11-/m1/s1. The molecule has 1 heterocycles. The summed E-state index contributed by atoms with van der Waals surface area (Å²) >= 11 is 0. The molecule has 0 saturated carbocycles. The minimum atomic E-state index is -0.648. The van der Waals surface area contributed by atoms with E-state index < -0.39 is 6.10 Å². The number of likely N-dealkylation sites (N-methyl/N-ethyl adjacent to an activating group) is 1. The largest absolute Gasteiger partial charge is 0.389 e. The highest BCUT2D eigenvalue weighted by molar-refractivity contribution is 5.56. The topological polar surface area (TPSA) is 26.7 Å². The van der Waals surface area contributed by atoms with Crippen molar-refractivity contribution in [1.29, 1.82) is 0 Å². The highest BCUT2D eigenvalue weighted by Gasteiger charge is 2.25. The van der Waals surface area contributed by atoms with Crippen molar-refractivity contribution in [1.82, 2.24) is 4.90 Å². The van der Waals surface area contributed by atoms with E-state index in [4.69, 9.17) is 0 Å². The Bertz CT molecular complexity index is 422. The molecule has 1 aliphatic heterocycles. The molecule has 3 nitrogen and oxygen atoms in total. The average molecular weight is 252 g/mol. The summed E-state index contributed by atoms with van der Waals surface area (Å²) in [4.78, 5) is 4.31. The Hall–Kier alpha value is -1.13. The Balaban J connectivity index is 2.33. The second-order valence-corrected chi connectivity index (χ2v) is 5.13. The van der Waals surface area contributed by atoms with Crippen LogP contribution in [0, 0.1) is 5.82 Å². The average Bonchev–Trinajstić information content (AvgIpc) is 2.32. The SMILES string of the molecule is CC1CN(c2c(F)cccc2[C@@H](C)O)CCN1C. The van der Waals surface area contributed by atoms with Gasteiger partial charge >= 0.3 is 0 Å². The number of anilines is 1. The van der Waals surface area contributed by atoms with Crippen molar-refractivity contribution in [3.63, 3.8) is 0 Å². The van der Waals surface area contributed by atoms with Gasteiger partial charge in [-0.25, -0.2) is 4.39 Å². The van der Waals surface area contributed by atoms with Gasteiger partial charge in [0.2, 0.25) is 0 Å². The molecule has 0 amide bonds. The van der Waals surface area contributed by atoms with Crippen LogP contribution in [0.25, 0.3) is 0 Å². The van der Waals surface area contributed by atoms with E-state index >= 15 is 0 Å². The molecule has 0 spiro atoms. The van der Waals surface area contributed by atoms with E-state index in [9.17, 15) is 9.50 Å². The van der Waals surface area contributed by atoms with E-state index in [1.54, 1.807) is 19.1 Å². The van der Waals surface area contributed by atoms with Crippen LogP contribution in [0.2, 0.25) is 0 Å². The summed E-state index contributed by atoms with van der Waals surface area (Å²) in [6, 6.07) is 5.30. The van der Waals surface area contributed by atoms with Crippen LogP contribution in [0.15, 0.2) is 18.2 Å². The first-order chi connectivity index (χ1) is 8.50. The van der Waals surface area contributed by atoms with Crippen LogP contribution in [-0.4, -0.2) is 42.7 Å². The van der Waals surface area contributed by atoms with Gasteiger partial charge in [0.05, 0.1) is 11.8 Å². The number of aliphatic hydroxyl groups excluding tert-OH is 1. The number of hydrogen-bond acceptors (Lipinski definition) is 3. The molecule has 1 unspecified atom stereocenters. The summed E-state index contributed by atoms with van der Waals surface area (Å²) in [5, 5.41) is 9.77. The van der Waals surface area contributed by atoms with E-state index in [1.165, 1.54) is 6.07 Å². The zero-order valence-corrected chi connectivity index (χ0v) is 11.2. The number of para-hydroxylation sites is 1. The monoisotopic (exact) mass is 252 g/mol. The third kappa shape index (κ3) is 2.49. The van der Waals surface area contributed by atoms with Crippen LogP contribution >= 0.6 is 0 Å². The summed E-state index contributed by atoms with van der Waals surface area (Å²) in [5.74, 6) is -0.245. The third-order valence-electron chi connectivity index (χ3n) is 3.74. The number of piperazine rings is 1. The van der Waals surface area contributed by atoms with E-state index in [2.05, 4.69) is 18.9 Å². The number of benzene rings is 1. The summed E-state index contributed by atoms with van der Waals surface area (Å²) in [5.41, 5.74) is 1.24. The molecule has 1 fully saturated rings. The molecule has 1 N–H and O–H groups in total. The van der Waals surface area contributed by atoms with Crippen molar-refractivity contribution in [2.24, 2.45) is 0 Å². The van der Waals surface area contributed by atoms with Crippen LogP contribution in [0.4, 0.5) is 10.1 Å². The molecule has 100 valence electrons. The maximum Gasteiger partial charge on any atom is 0.146 e. The Morgan fingerprint density at radius 2 is 2.11 bits per heavy atom. The molecular weight excluding hydrogens is 231 g/mol. The Kier molecular flexibility index (Phi) is 3.88. The Morgan fingerprint density at radius 3 is 2.72 bits per heavy atom. The summed E-state index contributed by atoms with van der Waals surface area (Å²) in [6.45, 7) is 6.31. The minimum absolute atomic E-state index is 0.245. The molecule has 0 aliphatic carbocycles. The fourth-order valence-electron chi connectivity index (χ4n) is 2.45. The van der Waals surface area contributed by atoms with Crippen LogP contribution in [0.3, 0.4) is 0 Å². The fourth-order valence-corrected chi connectivity index (χ4v) is 2.45. The van der Waals surface area contributed by atoms with Gasteiger partial charge in [-0.15, -0.1) is 0 Å². The molecule has 4 heteroatoms. The molecule has 0 bridgehead atoms. The van der Waals surface area contributed by atoms with Crippen molar-refractivity contribution >= 4 is 5.69 Å². The molecule has 1 saturated heterocycles. The van der Waals surface area contributed by atoms with E-state index in [-0.39, 0.29) is 5.82 Å². The van der Waals surface area contributed by atoms with Gasteiger partial charge in [-0.3, -0.25) is 0 Å². The van der Waals surface area contributed by atoms with Crippen molar-refractivity contribution in [2.45, 2.75) is 26.0 Å². The van der Waals surface area contributed by atoms with Crippen molar-refractivity contribution in [3.05, 3.63) is 29.6 Å². The molecule has 1 aliphatic rings. The van der Waals surface area contributed by atoms with Crippen molar-refractivity contribution in [3.8, 4) is 0 Å². The molecule has 0 radical (unpaired) electrons. The van der Waals surface area contributed by atoms with Gasteiger partial charge < -0.3 is 14.9 Å². The highest BCUT2D eigenvalue weighted by atomic mass is 19.1. The van der Waals surface area contributed by atoms with Crippen LogP contribution in [0.1, 0.15) is 25.5 Å². The molecule has 18 heavy (non-hydrogen) atoms. The maximum atomic E-state index is 14.1. The smallest absolute Gasteiger partial charge is 0.146 e. The second-order valence-electron chi connectivity index (χ2n) is 5.13. The number of rotatable bonds is 2. The van der Waals surface area contributed by atoms with Crippen LogP contribution in [0.5, 0.6) is 0 Å². The number of aliphatic hydroxyl groups is 1. The number of hydrogen-bond donors (Lipinski definition) is 1. The maximum absolute atomic E-state index is 14.1. The predicted octanol–water partition coefficient (Wildman–Crippen LogP) is 2.02. The second kappa shape index (κ2) is 5.24. The van der Waals surface area contributed by atoms with Crippen molar-refractivity contribution in [2.75, 3.05) is 31.6 Å². The lowest BCUT2D eigenvalue weighted by Crippen LogP contribution is -2.50. The molecule has 2 atom stereocenters. The summed E-state index contributed by atoms with van der Waals surface area (Å²) < 4.78 is 14.1. The number of halogens is 1. The first kappa shape index (κ1) is 13.3. The van der Waals surface area contributed by atoms with Gasteiger partial charge in [0.15, 0.2) is 0 Å². The van der Waals surface area contributed by atoms with E-state index in [0.29, 0.717) is 17.3 Å². The zero-order valence-electron chi connectivity index (χ0n) is 11.2. The lowest BCUT2D eigenvalue weighted by atomic mass is 10.0. The van der Waals surface area contributed by atoms with Gasteiger partial charge in [0, 0.05) is 31.2 Å². The normalized spacial score (nSPS) is 23.2. The molecule has 0 aromatic heterocycles. The van der Waals surface area contributed by atoms with Crippen LogP contribution in [-0.2, 0) is 0 Å². The zero-order chi connectivity index (χ0) is 13.3. The quantitative estimate of drug-likeness (QED) is 0.872. The van der Waals surface area contributed by atoms with Crippen molar-refractivity contribution < 1.29 is 9.50 Å². The third-order valence-corrected chi connectivity index (χ3v) is 3.74. The van der Waals surface area contributed by atoms with Crippen LogP contribution < -0.4 is 4.90 Å². The molecule has 1 aromatic rings. The van der Waals surface area contributed by atoms with Gasteiger partial charge in [0.1, 0.15) is 5.82 Å². The van der Waals surface area contributed by atoms with Gasteiger partial charge in [0.25, 0.3) is 0 Å². The fraction of sp³-hybridized carbons (Fsp3) is 0.571. The van der Waals surface area contributed by atoms with E-state index in [1.807, 2.05) is 4.90 Å². The first-order valence-electron chi connectivity index (χ1n) is 6.42. The van der Waals surface area contributed by atoms with Gasteiger partial charge in [-0.2, -0.15) is 0 Å². The lowest BCUT2D eigenvalue weighted by Gasteiger charge is -2.40. The van der Waals surface area contributed by atoms with E-state index in [0.717, 1.165) is 19.6 Å².